The number of ketones is 1. The standard InChI is InChI=1S/C43H63NO11/c1-11-34-29(8)35(53-37(48)18-17-36(47)44-38-32(45)15-16-33(38)46)22-43(52,55-34)31(10)40(50)30(9)41-25(4)14-12-13-23(2)19-26(5)39(49)27(6)20-24(3)21-28(7)42(51)54-41/h12-14,17-18,20-21,25-27,29-31,34-35,39-41,45,49-50,52H,11,15-16,19,22H2,1-10H3,(H,44,47)/b14-12+,18-17+,23-13+,24-20+,28-21+. The monoisotopic (exact) mass is 769 g/mol. The number of ether oxygens (including phenoxy) is 3. The van der Waals surface area contributed by atoms with E-state index in [-0.39, 0.29) is 54.4 Å². The number of nitrogens with one attached hydrogen (secondary N) is 1. The number of aliphatic hydroxyl groups is 4. The highest BCUT2D eigenvalue weighted by molar-refractivity contribution is 6.04. The topological polar surface area (TPSA) is 189 Å². The number of carbonyl (C=O) groups is 4. The summed E-state index contributed by atoms with van der Waals surface area (Å²) in [6, 6.07) is 0. The van der Waals surface area contributed by atoms with Crippen molar-refractivity contribution in [3.63, 3.8) is 0 Å². The highest BCUT2D eigenvalue weighted by atomic mass is 16.6. The minimum absolute atomic E-state index is 0.00581. The van der Waals surface area contributed by atoms with Crippen LogP contribution in [-0.4, -0.2) is 80.4 Å². The van der Waals surface area contributed by atoms with Crippen LogP contribution in [0, 0.1) is 35.5 Å². The van der Waals surface area contributed by atoms with E-state index in [1.165, 1.54) is 0 Å². The van der Waals surface area contributed by atoms with Crippen LogP contribution >= 0.6 is 0 Å². The molecule has 1 fully saturated rings. The maximum Gasteiger partial charge on any atom is 0.334 e. The Kier molecular flexibility index (Phi) is 16.4. The first-order valence-electron chi connectivity index (χ1n) is 19.5. The van der Waals surface area contributed by atoms with Gasteiger partial charge in [-0.25, -0.2) is 9.59 Å². The van der Waals surface area contributed by atoms with Crippen molar-refractivity contribution < 1.29 is 53.8 Å². The van der Waals surface area contributed by atoms with E-state index in [1.807, 2.05) is 72.8 Å². The lowest BCUT2D eigenvalue weighted by Crippen LogP contribution is -2.58. The lowest BCUT2D eigenvalue weighted by atomic mass is 9.76. The Morgan fingerprint density at radius 3 is 2.36 bits per heavy atom. The molecule has 3 rings (SSSR count). The van der Waals surface area contributed by atoms with Crippen LogP contribution in [0.1, 0.15) is 101 Å². The number of hydrogen-bond donors (Lipinski definition) is 5. The van der Waals surface area contributed by atoms with E-state index in [0.717, 1.165) is 23.3 Å². The highest BCUT2D eigenvalue weighted by Gasteiger charge is 2.52. The Balaban J connectivity index is 1.84. The van der Waals surface area contributed by atoms with Crippen LogP contribution in [0.4, 0.5) is 0 Å². The maximum atomic E-state index is 13.5. The van der Waals surface area contributed by atoms with Gasteiger partial charge in [-0.2, -0.15) is 0 Å². The largest absolute Gasteiger partial charge is 0.510 e. The summed E-state index contributed by atoms with van der Waals surface area (Å²) in [7, 11) is 0. The van der Waals surface area contributed by atoms with E-state index in [9.17, 15) is 39.6 Å². The van der Waals surface area contributed by atoms with Crippen molar-refractivity contribution in [2.45, 2.75) is 138 Å². The molecule has 0 radical (unpaired) electrons. The predicted octanol–water partition coefficient (Wildman–Crippen LogP) is 5.84. The molecule has 5 N–H and O–H groups in total. The van der Waals surface area contributed by atoms with Crippen LogP contribution in [-0.2, 0) is 33.4 Å². The van der Waals surface area contributed by atoms with Gasteiger partial charge in [-0.05, 0) is 45.6 Å². The second kappa shape index (κ2) is 19.8. The van der Waals surface area contributed by atoms with Gasteiger partial charge in [0.25, 0.3) is 0 Å². The minimum atomic E-state index is -1.95. The predicted molar refractivity (Wildman–Crippen MR) is 208 cm³/mol. The molecule has 2 heterocycles. The summed E-state index contributed by atoms with van der Waals surface area (Å²) in [5.41, 5.74) is 2.05. The molecule has 0 saturated carbocycles. The van der Waals surface area contributed by atoms with Gasteiger partial charge in [0.1, 0.15) is 23.7 Å². The second-order valence-corrected chi connectivity index (χ2v) is 16.0. The van der Waals surface area contributed by atoms with Crippen molar-refractivity contribution in [3.8, 4) is 0 Å². The maximum absolute atomic E-state index is 13.5. The average Bonchev–Trinajstić information content (AvgIpc) is 3.44. The lowest BCUT2D eigenvalue weighted by Gasteiger charge is -2.49. The van der Waals surface area contributed by atoms with Gasteiger partial charge in [0, 0.05) is 66.6 Å². The zero-order valence-electron chi connectivity index (χ0n) is 34.1. The van der Waals surface area contributed by atoms with Gasteiger partial charge in [0.2, 0.25) is 5.91 Å². The van der Waals surface area contributed by atoms with E-state index in [0.29, 0.717) is 18.4 Å². The zero-order chi connectivity index (χ0) is 41.4. The molecule has 1 saturated heterocycles. The Hall–Kier alpha value is -3.84. The number of esters is 2. The molecule has 12 nitrogen and oxygen atoms in total. The van der Waals surface area contributed by atoms with Crippen molar-refractivity contribution in [1.29, 1.82) is 0 Å². The van der Waals surface area contributed by atoms with E-state index in [2.05, 4.69) is 5.32 Å². The number of cyclic esters (lactones) is 1. The van der Waals surface area contributed by atoms with E-state index in [4.69, 9.17) is 14.2 Å². The van der Waals surface area contributed by atoms with Gasteiger partial charge < -0.3 is 40.0 Å². The van der Waals surface area contributed by atoms with Crippen molar-refractivity contribution in [1.82, 2.24) is 5.32 Å². The Morgan fingerprint density at radius 2 is 1.75 bits per heavy atom. The molecule has 0 bridgehead atoms. The van der Waals surface area contributed by atoms with Crippen LogP contribution in [0.15, 0.2) is 70.7 Å². The van der Waals surface area contributed by atoms with Gasteiger partial charge in [-0.1, -0.05) is 83.9 Å². The third-order valence-electron chi connectivity index (χ3n) is 11.4. The van der Waals surface area contributed by atoms with Gasteiger partial charge in [0.05, 0.1) is 18.3 Å². The molecule has 55 heavy (non-hydrogen) atoms. The molecule has 1 amide bonds. The molecule has 2 aliphatic heterocycles. The molecule has 0 aromatic carbocycles. The van der Waals surface area contributed by atoms with Gasteiger partial charge >= 0.3 is 11.9 Å². The normalized spacial score (nSPS) is 36.7. The summed E-state index contributed by atoms with van der Waals surface area (Å²) in [4.78, 5) is 50.7. The fraction of sp³-hybridized carbons (Fsp3) is 0.628. The molecular weight excluding hydrogens is 706 g/mol. The summed E-state index contributed by atoms with van der Waals surface area (Å²) in [6.07, 6.45) is 8.40. The summed E-state index contributed by atoms with van der Waals surface area (Å²) in [6.45, 7) is 18.5. The van der Waals surface area contributed by atoms with E-state index < -0.39 is 71.8 Å². The average molecular weight is 770 g/mol. The van der Waals surface area contributed by atoms with Gasteiger partial charge in [0.15, 0.2) is 11.6 Å². The first kappa shape index (κ1) is 45.5. The number of carbonyl (C=O) groups excluding carboxylic acids is 4. The van der Waals surface area contributed by atoms with Crippen LogP contribution in [0.3, 0.4) is 0 Å². The van der Waals surface area contributed by atoms with Crippen LogP contribution in [0.25, 0.3) is 0 Å². The van der Waals surface area contributed by atoms with Crippen LogP contribution < -0.4 is 5.32 Å². The van der Waals surface area contributed by atoms with Crippen molar-refractivity contribution >= 4 is 23.6 Å². The molecule has 12 unspecified atom stereocenters. The molecule has 12 atom stereocenters. The third kappa shape index (κ3) is 12.1. The van der Waals surface area contributed by atoms with Gasteiger partial charge in [-0.3, -0.25) is 9.59 Å². The number of amides is 1. The highest BCUT2D eigenvalue weighted by Crippen LogP contribution is 2.42. The Morgan fingerprint density at radius 1 is 1.07 bits per heavy atom. The van der Waals surface area contributed by atoms with Crippen molar-refractivity contribution in [2.24, 2.45) is 35.5 Å². The molecule has 306 valence electrons. The summed E-state index contributed by atoms with van der Waals surface area (Å²) < 4.78 is 18.1. The van der Waals surface area contributed by atoms with Crippen molar-refractivity contribution in [3.05, 3.63) is 70.7 Å². The summed E-state index contributed by atoms with van der Waals surface area (Å²) in [5.74, 6) is -7.27. The number of aliphatic hydroxyl groups excluding tert-OH is 3. The fourth-order valence-corrected chi connectivity index (χ4v) is 7.82. The molecule has 1 aliphatic carbocycles. The van der Waals surface area contributed by atoms with Crippen LogP contribution in [0.2, 0.25) is 0 Å². The lowest BCUT2D eigenvalue weighted by molar-refractivity contribution is -0.323. The fourth-order valence-electron chi connectivity index (χ4n) is 7.82. The minimum Gasteiger partial charge on any atom is -0.510 e. The Labute approximate surface area is 326 Å². The molecule has 0 spiro atoms. The SMILES string of the molecule is CCC1OC(O)(C(C)C(O)C(C)C2OC(=O)/C(C)=C/C(C)=C/C(C)C(O)C(C)C/C(C)=C/C=C/C2C)CC(OC(=O)/C=C/C(=O)NC2=C(O)CCC2=O)C1C. The molecular formula is C43H63NO11. The first-order valence-corrected chi connectivity index (χ1v) is 19.5. The first-order chi connectivity index (χ1) is 25.7. The Bertz CT molecular complexity index is 1600. The molecule has 12 heteroatoms. The molecule has 0 aromatic heterocycles. The second-order valence-electron chi connectivity index (χ2n) is 16.0. The molecule has 0 aromatic rings. The quantitative estimate of drug-likeness (QED) is 0.140. The zero-order valence-corrected chi connectivity index (χ0v) is 34.1. The van der Waals surface area contributed by atoms with Crippen molar-refractivity contribution in [2.75, 3.05) is 0 Å². The molecule has 3 aliphatic rings. The van der Waals surface area contributed by atoms with Crippen LogP contribution in [0.5, 0.6) is 0 Å². The van der Waals surface area contributed by atoms with E-state index in [1.54, 1.807) is 26.8 Å². The smallest absolute Gasteiger partial charge is 0.334 e. The summed E-state index contributed by atoms with van der Waals surface area (Å²) >= 11 is 0. The third-order valence-corrected chi connectivity index (χ3v) is 11.4. The summed E-state index contributed by atoms with van der Waals surface area (Å²) in [5, 5.41) is 47.0. The number of allylic oxidation sites excluding steroid dienone is 7. The number of hydrogen-bond acceptors (Lipinski definition) is 11. The number of Topliss-reactive ketones (excluding diaryl/α,β-unsaturated/α-hetero) is 1. The van der Waals surface area contributed by atoms with Gasteiger partial charge in [-0.15, -0.1) is 0 Å². The number of rotatable bonds is 9. The van der Waals surface area contributed by atoms with E-state index >= 15 is 0 Å².